The van der Waals surface area contributed by atoms with E-state index in [1.807, 2.05) is 31.2 Å². The highest BCUT2D eigenvalue weighted by atomic mass is 35.5. The summed E-state index contributed by atoms with van der Waals surface area (Å²) in [6.45, 7) is 11.5. The Morgan fingerprint density at radius 1 is 1.19 bits per heavy atom. The Morgan fingerprint density at radius 2 is 1.94 bits per heavy atom. The first kappa shape index (κ1) is 23.0. The van der Waals surface area contributed by atoms with Gasteiger partial charge in [0.1, 0.15) is 0 Å². The smallest absolute Gasteiger partial charge is 0.264 e. The van der Waals surface area contributed by atoms with Crippen molar-refractivity contribution >= 4 is 69.1 Å². The summed E-state index contributed by atoms with van der Waals surface area (Å²) < 4.78 is 0. The number of hydrogen-bond acceptors (Lipinski definition) is 4. The van der Waals surface area contributed by atoms with Crippen LogP contribution in [0.25, 0.3) is 11.6 Å². The van der Waals surface area contributed by atoms with Gasteiger partial charge in [-0.25, -0.2) is 4.99 Å². The molecule has 0 unspecified atom stereocenters. The second-order valence-corrected chi connectivity index (χ2v) is 10.4. The van der Waals surface area contributed by atoms with Crippen LogP contribution in [0, 0.1) is 6.92 Å². The van der Waals surface area contributed by atoms with E-state index in [9.17, 15) is 4.79 Å². The second-order valence-electron chi connectivity index (χ2n) is 8.53. The van der Waals surface area contributed by atoms with Crippen molar-refractivity contribution in [3.8, 4) is 0 Å². The third-order valence-electron chi connectivity index (χ3n) is 5.74. The highest BCUT2D eigenvalue weighted by molar-refractivity contribution is 8.18. The second kappa shape index (κ2) is 8.62. The van der Waals surface area contributed by atoms with Crippen LogP contribution in [-0.2, 0) is 4.79 Å². The summed E-state index contributed by atoms with van der Waals surface area (Å²) in [7, 11) is 0. The van der Waals surface area contributed by atoms with E-state index < -0.39 is 0 Å². The molecule has 1 fully saturated rings. The topological polar surface area (TPSA) is 44.7 Å². The van der Waals surface area contributed by atoms with Crippen molar-refractivity contribution < 1.29 is 4.79 Å². The van der Waals surface area contributed by atoms with Gasteiger partial charge in [-0.05, 0) is 93.4 Å². The molecule has 2 heterocycles. The maximum Gasteiger partial charge on any atom is 0.264 e. The van der Waals surface area contributed by atoms with E-state index in [0.717, 1.165) is 34.6 Å². The van der Waals surface area contributed by atoms with Crippen LogP contribution in [0.1, 0.15) is 44.4 Å². The van der Waals surface area contributed by atoms with Crippen molar-refractivity contribution in [1.29, 1.82) is 0 Å². The lowest BCUT2D eigenvalue weighted by atomic mass is 9.88. The van der Waals surface area contributed by atoms with Crippen molar-refractivity contribution in [3.63, 3.8) is 0 Å². The molecule has 1 saturated heterocycles. The number of rotatable bonds is 3. The first-order valence-electron chi connectivity index (χ1n) is 10.5. The lowest BCUT2D eigenvalue weighted by Crippen LogP contribution is -2.44. The molecule has 4 rings (SSSR count). The zero-order chi connectivity index (χ0) is 23.2. The maximum atomic E-state index is 12.6. The molecule has 7 heteroatoms. The van der Waals surface area contributed by atoms with Crippen LogP contribution >= 0.6 is 35.0 Å². The Balaban J connectivity index is 1.69. The van der Waals surface area contributed by atoms with Crippen molar-refractivity contribution in [2.24, 2.45) is 4.99 Å². The quantitative estimate of drug-likeness (QED) is 0.466. The predicted octanol–water partition coefficient (Wildman–Crippen LogP) is 7.22. The van der Waals surface area contributed by atoms with E-state index in [2.05, 4.69) is 55.0 Å². The summed E-state index contributed by atoms with van der Waals surface area (Å²) in [6.07, 6.45) is 4.11. The number of halogens is 2. The highest BCUT2D eigenvalue weighted by Crippen LogP contribution is 2.42. The number of likely N-dealkylation sites (N-methyl/N-ethyl adjacent to an activating group) is 1. The number of nitrogens with zero attached hydrogens (tertiary/aromatic N) is 2. The van der Waals surface area contributed by atoms with Crippen molar-refractivity contribution in [2.45, 2.75) is 40.2 Å². The molecule has 1 N–H and O–H groups in total. The molecule has 1 amide bonds. The lowest BCUT2D eigenvalue weighted by molar-refractivity contribution is -0.115. The van der Waals surface area contributed by atoms with Gasteiger partial charge in [-0.3, -0.25) is 4.79 Å². The number of amidine groups is 1. The van der Waals surface area contributed by atoms with Gasteiger partial charge in [0, 0.05) is 27.8 Å². The van der Waals surface area contributed by atoms with E-state index in [-0.39, 0.29) is 11.4 Å². The molecular formula is C25H25Cl2N3OS. The fraction of sp³-hybridized carbons (Fsp3) is 0.280. The average Bonchev–Trinajstić information content (AvgIpc) is 3.04. The number of allylic oxidation sites excluding steroid dienone is 1. The van der Waals surface area contributed by atoms with Crippen LogP contribution in [0.5, 0.6) is 0 Å². The summed E-state index contributed by atoms with van der Waals surface area (Å²) in [6, 6.07) is 9.59. The van der Waals surface area contributed by atoms with E-state index in [0.29, 0.717) is 20.1 Å². The molecule has 0 spiro atoms. The lowest BCUT2D eigenvalue weighted by Gasteiger charge is -2.43. The number of benzene rings is 2. The number of thioether (sulfide) groups is 1. The van der Waals surface area contributed by atoms with Gasteiger partial charge >= 0.3 is 0 Å². The third-order valence-corrected chi connectivity index (χ3v) is 7.22. The van der Waals surface area contributed by atoms with E-state index in [1.54, 1.807) is 6.07 Å². The molecule has 166 valence electrons. The Morgan fingerprint density at radius 3 is 2.66 bits per heavy atom. The first-order valence-corrected chi connectivity index (χ1v) is 12.0. The van der Waals surface area contributed by atoms with Gasteiger partial charge in [0.2, 0.25) is 0 Å². The van der Waals surface area contributed by atoms with Crippen LogP contribution in [0.2, 0.25) is 10.0 Å². The minimum absolute atomic E-state index is 0.0832. The molecule has 0 aliphatic carbocycles. The predicted molar refractivity (Wildman–Crippen MR) is 139 cm³/mol. The van der Waals surface area contributed by atoms with Crippen molar-refractivity contribution in [2.75, 3.05) is 11.4 Å². The summed E-state index contributed by atoms with van der Waals surface area (Å²) in [5.41, 5.74) is 5.90. The van der Waals surface area contributed by atoms with Gasteiger partial charge in [-0.15, -0.1) is 0 Å². The Bertz CT molecular complexity index is 1210. The van der Waals surface area contributed by atoms with Gasteiger partial charge in [0.05, 0.1) is 16.1 Å². The molecule has 2 aliphatic heterocycles. The molecule has 2 aliphatic rings. The minimum Gasteiger partial charge on any atom is -0.363 e. The van der Waals surface area contributed by atoms with Gasteiger partial charge in [-0.1, -0.05) is 35.3 Å². The molecule has 2 aromatic rings. The van der Waals surface area contributed by atoms with E-state index in [4.69, 9.17) is 23.2 Å². The molecule has 0 radical (unpaired) electrons. The SMILES string of the molecule is CCN1c2cc(Cl)c(/C=C3/SC(=Nc4cc(Cl)ccc4C)NC3=O)cc2C(C)=CC1(C)C. The van der Waals surface area contributed by atoms with Crippen molar-refractivity contribution in [3.05, 3.63) is 68.0 Å². The minimum atomic E-state index is -0.189. The average molecular weight is 486 g/mol. The van der Waals surface area contributed by atoms with Crippen LogP contribution in [0.3, 0.4) is 0 Å². The van der Waals surface area contributed by atoms with Gasteiger partial charge in [-0.2, -0.15) is 0 Å². The molecular weight excluding hydrogens is 461 g/mol. The number of carbonyl (C=O) groups excluding carboxylic acids is 1. The van der Waals surface area contributed by atoms with Crippen LogP contribution in [0.15, 0.2) is 46.3 Å². The molecule has 32 heavy (non-hydrogen) atoms. The largest absolute Gasteiger partial charge is 0.363 e. The number of carbonyl (C=O) groups is 1. The first-order chi connectivity index (χ1) is 15.1. The summed E-state index contributed by atoms with van der Waals surface area (Å²) in [4.78, 5) is 20.1. The zero-order valence-corrected chi connectivity index (χ0v) is 21.0. The zero-order valence-electron chi connectivity index (χ0n) is 18.7. The van der Waals surface area contributed by atoms with Crippen LogP contribution in [-0.4, -0.2) is 23.2 Å². The maximum absolute atomic E-state index is 12.6. The number of amides is 1. The van der Waals surface area contributed by atoms with Gasteiger partial charge < -0.3 is 10.2 Å². The fourth-order valence-corrected chi connectivity index (χ4v) is 5.44. The number of aliphatic imine (C=N–C) groups is 1. The third kappa shape index (κ3) is 4.34. The normalized spacial score (nSPS) is 19.9. The van der Waals surface area contributed by atoms with E-state index in [1.165, 1.54) is 17.3 Å². The number of fused-ring (bicyclic) bond motifs is 1. The van der Waals surface area contributed by atoms with Crippen LogP contribution < -0.4 is 10.2 Å². The molecule has 0 bridgehead atoms. The summed E-state index contributed by atoms with van der Waals surface area (Å²) in [5, 5.41) is 4.58. The molecule has 4 nitrogen and oxygen atoms in total. The Hall–Kier alpha value is -2.21. The summed E-state index contributed by atoms with van der Waals surface area (Å²) >= 11 is 14.1. The van der Waals surface area contributed by atoms with E-state index >= 15 is 0 Å². The standard InChI is InChI=1S/C25H25Cl2N3OS/c1-6-30-21-12-19(27)16(9-18(21)15(3)13-25(30,4)5)10-22-23(31)29-24(32-22)28-20-11-17(26)8-7-14(20)2/h7-13H,6H2,1-5H3,(H,28,29,31)/b22-10+. The van der Waals surface area contributed by atoms with Gasteiger partial charge in [0.15, 0.2) is 5.17 Å². The molecule has 0 saturated carbocycles. The molecule has 2 aromatic carbocycles. The van der Waals surface area contributed by atoms with Crippen molar-refractivity contribution in [1.82, 2.24) is 5.32 Å². The Labute approximate surface area is 203 Å². The fourth-order valence-electron chi connectivity index (χ4n) is 4.24. The molecule has 0 aromatic heterocycles. The molecule has 0 atom stereocenters. The number of anilines is 1. The monoisotopic (exact) mass is 485 g/mol. The number of hydrogen-bond donors (Lipinski definition) is 1. The van der Waals surface area contributed by atoms with Crippen LogP contribution in [0.4, 0.5) is 11.4 Å². The number of aryl methyl sites for hydroxylation is 1. The Kier molecular flexibility index (Phi) is 6.19. The van der Waals surface area contributed by atoms with Gasteiger partial charge in [0.25, 0.3) is 5.91 Å². The number of nitrogens with one attached hydrogen (secondary N) is 1. The summed E-state index contributed by atoms with van der Waals surface area (Å²) in [5.74, 6) is -0.189. The highest BCUT2D eigenvalue weighted by Gasteiger charge is 2.31.